The fourth-order valence-corrected chi connectivity index (χ4v) is 8.27. The maximum Gasteiger partial charge on any atom is 0.354 e. The van der Waals surface area contributed by atoms with Gasteiger partial charge in [-0.1, -0.05) is 36.4 Å². The lowest BCUT2D eigenvalue weighted by Crippen LogP contribution is -2.52. The standard InChI is InChI=1S/C22H25BrN2O3.C16H23NO2.C6H4BrNO2/c1-15(2)27-20-13-22(28-19-6-4-3-5-17(19)20)9-11-25(12-10-22)21(26)18-8-7-16(23)14-24-18;1-12(2)18-15-11-16(7-9-17-10-8-16)19-14-6-4-3-5-13(14)15;7-4-1-2-5(6(9)10)8-3-4/h3-8,14-15,20H,9-13H2,1-2H3;3-6,12,15,17H,7-11H2,1-2H3;1-3H,(H,9,10)/t20-;15-;/m11./s1. The first-order valence-electron chi connectivity index (χ1n) is 19.7. The minimum atomic E-state index is -1.01. The maximum atomic E-state index is 12.8. The van der Waals surface area contributed by atoms with E-state index in [1.165, 1.54) is 17.8 Å². The second-order valence-electron chi connectivity index (χ2n) is 15.5. The fourth-order valence-electron chi connectivity index (χ4n) is 7.80. The Kier molecular flexibility index (Phi) is 14.4. The molecule has 2 atom stereocenters. The number of rotatable bonds is 6. The quantitative estimate of drug-likeness (QED) is 0.193. The summed E-state index contributed by atoms with van der Waals surface area (Å²) >= 11 is 6.50. The summed E-state index contributed by atoms with van der Waals surface area (Å²) in [4.78, 5) is 32.8. The highest BCUT2D eigenvalue weighted by molar-refractivity contribution is 9.10. The summed E-state index contributed by atoms with van der Waals surface area (Å²) in [6.45, 7) is 11.7. The number of fused-ring (bicyclic) bond motifs is 2. The van der Waals surface area contributed by atoms with Crippen molar-refractivity contribution in [3.8, 4) is 11.5 Å². The monoisotopic (exact) mass is 906 g/mol. The van der Waals surface area contributed by atoms with Gasteiger partial charge >= 0.3 is 5.97 Å². The largest absolute Gasteiger partial charge is 0.487 e. The van der Waals surface area contributed by atoms with E-state index in [0.717, 1.165) is 77.6 Å². The highest BCUT2D eigenvalue weighted by Gasteiger charge is 2.45. The van der Waals surface area contributed by atoms with Gasteiger partial charge in [0.25, 0.3) is 5.91 Å². The summed E-state index contributed by atoms with van der Waals surface area (Å²) in [5, 5.41) is 11.8. The number of pyridine rings is 2. The molecule has 2 saturated heterocycles. The number of carbonyl (C=O) groups is 2. The van der Waals surface area contributed by atoms with Gasteiger partial charge in [0.15, 0.2) is 0 Å². The summed E-state index contributed by atoms with van der Waals surface area (Å²) in [7, 11) is 0. The Morgan fingerprint density at radius 3 is 1.61 bits per heavy atom. The molecule has 2 aromatic carbocycles. The summed E-state index contributed by atoms with van der Waals surface area (Å²) in [6, 6.07) is 23.2. The molecule has 2 aromatic heterocycles. The lowest BCUT2D eigenvalue weighted by atomic mass is 9.81. The fraction of sp³-hybridized carbons (Fsp3) is 0.455. The number of hydrogen-bond acceptors (Lipinski definition) is 9. The molecule has 6 heterocycles. The number of benzene rings is 2. The first kappa shape index (κ1) is 42.7. The van der Waals surface area contributed by atoms with Crippen molar-refractivity contribution in [2.24, 2.45) is 0 Å². The number of aromatic carboxylic acids is 1. The lowest BCUT2D eigenvalue weighted by molar-refractivity contribution is -0.0872. The summed E-state index contributed by atoms with van der Waals surface area (Å²) in [5.74, 6) is 0.899. The second-order valence-corrected chi connectivity index (χ2v) is 17.3. The molecule has 0 aliphatic carbocycles. The SMILES string of the molecule is CC(C)O[C@@H]1CC2(CCN(C(=O)c3ccc(Br)cn3)CC2)Oc2ccccc21.CC(C)O[C@@H]1CC2(CCNCC2)Oc2ccccc21.O=C(O)c1ccc(Br)cn1. The molecule has 4 aliphatic rings. The molecule has 0 radical (unpaired) electrons. The zero-order valence-corrected chi connectivity index (χ0v) is 36.1. The van der Waals surface area contributed by atoms with Crippen LogP contribution in [0.25, 0.3) is 0 Å². The summed E-state index contributed by atoms with van der Waals surface area (Å²) < 4.78 is 26.8. The number of likely N-dealkylation sites (tertiary alicyclic amines) is 1. The van der Waals surface area contributed by atoms with E-state index in [-0.39, 0.29) is 47.2 Å². The van der Waals surface area contributed by atoms with Crippen molar-refractivity contribution in [3.05, 3.63) is 117 Å². The second kappa shape index (κ2) is 19.2. The van der Waals surface area contributed by atoms with Crippen LogP contribution in [0.15, 0.2) is 94.1 Å². The molecule has 304 valence electrons. The molecular formula is C44H52Br2N4O7. The zero-order chi connectivity index (χ0) is 40.6. The van der Waals surface area contributed by atoms with E-state index in [9.17, 15) is 9.59 Å². The van der Waals surface area contributed by atoms with Gasteiger partial charge in [-0.3, -0.25) is 4.79 Å². The molecule has 0 bridgehead atoms. The molecule has 2 fully saturated rings. The number of carboxylic acid groups (broad SMARTS) is 1. The van der Waals surface area contributed by atoms with Gasteiger partial charge in [0, 0.05) is 71.2 Å². The van der Waals surface area contributed by atoms with E-state index in [0.29, 0.717) is 18.8 Å². The van der Waals surface area contributed by atoms with Crippen molar-refractivity contribution in [1.29, 1.82) is 0 Å². The van der Waals surface area contributed by atoms with Crippen molar-refractivity contribution in [3.63, 3.8) is 0 Å². The number of ether oxygens (including phenoxy) is 4. The van der Waals surface area contributed by atoms with Crippen LogP contribution in [0.5, 0.6) is 11.5 Å². The average molecular weight is 909 g/mol. The number of hydrogen-bond donors (Lipinski definition) is 2. The van der Waals surface area contributed by atoms with Gasteiger partial charge in [0.05, 0.1) is 24.4 Å². The molecule has 8 rings (SSSR count). The van der Waals surface area contributed by atoms with Crippen LogP contribution >= 0.6 is 31.9 Å². The van der Waals surface area contributed by atoms with Crippen LogP contribution in [-0.4, -0.2) is 81.4 Å². The van der Waals surface area contributed by atoms with Crippen LogP contribution in [0.1, 0.15) is 111 Å². The first-order chi connectivity index (χ1) is 27.3. The van der Waals surface area contributed by atoms with Gasteiger partial charge in [0.1, 0.15) is 34.1 Å². The molecule has 0 saturated carbocycles. The Morgan fingerprint density at radius 1 is 0.719 bits per heavy atom. The summed E-state index contributed by atoms with van der Waals surface area (Å²) in [6.07, 6.45) is 9.22. The number of halogens is 2. The third kappa shape index (κ3) is 11.2. The number of piperidine rings is 2. The zero-order valence-electron chi connectivity index (χ0n) is 33.0. The Morgan fingerprint density at radius 2 is 1.18 bits per heavy atom. The van der Waals surface area contributed by atoms with Crippen molar-refractivity contribution < 1.29 is 33.6 Å². The molecule has 2 spiro atoms. The Bertz CT molecular complexity index is 1950. The van der Waals surface area contributed by atoms with Gasteiger partial charge in [-0.2, -0.15) is 0 Å². The van der Waals surface area contributed by atoms with E-state index >= 15 is 0 Å². The predicted octanol–water partition coefficient (Wildman–Crippen LogP) is 9.37. The molecular weight excluding hydrogens is 856 g/mol. The van der Waals surface area contributed by atoms with Gasteiger partial charge in [-0.05, 0) is 122 Å². The summed E-state index contributed by atoms with van der Waals surface area (Å²) in [5.41, 5.74) is 2.56. The van der Waals surface area contributed by atoms with Gasteiger partial charge in [-0.15, -0.1) is 0 Å². The number of para-hydroxylation sites is 2. The van der Waals surface area contributed by atoms with E-state index in [1.54, 1.807) is 18.3 Å². The Hall–Kier alpha value is -3.88. The first-order valence-corrected chi connectivity index (χ1v) is 21.3. The van der Waals surface area contributed by atoms with Crippen molar-refractivity contribution in [2.75, 3.05) is 26.2 Å². The Balaban J connectivity index is 0.000000162. The molecule has 4 aromatic rings. The number of carboxylic acids is 1. The van der Waals surface area contributed by atoms with Crippen LogP contribution in [0.3, 0.4) is 0 Å². The normalized spacial score (nSPS) is 20.2. The third-order valence-electron chi connectivity index (χ3n) is 10.5. The predicted molar refractivity (Wildman–Crippen MR) is 225 cm³/mol. The minimum absolute atomic E-state index is 0.0199. The number of nitrogens with zero attached hydrogens (tertiary/aromatic N) is 3. The Labute approximate surface area is 352 Å². The van der Waals surface area contributed by atoms with Crippen LogP contribution in [0.4, 0.5) is 0 Å². The van der Waals surface area contributed by atoms with Crippen molar-refractivity contribution in [2.45, 2.75) is 102 Å². The van der Waals surface area contributed by atoms with Crippen LogP contribution < -0.4 is 14.8 Å². The van der Waals surface area contributed by atoms with Gasteiger partial charge in [-0.25, -0.2) is 14.8 Å². The van der Waals surface area contributed by atoms with Crippen LogP contribution in [0.2, 0.25) is 0 Å². The maximum absolute atomic E-state index is 12.8. The molecule has 1 amide bonds. The number of nitrogens with one attached hydrogen (secondary N) is 1. The number of amides is 1. The highest BCUT2D eigenvalue weighted by Crippen LogP contribution is 2.47. The van der Waals surface area contributed by atoms with Crippen LogP contribution in [-0.2, 0) is 9.47 Å². The minimum Gasteiger partial charge on any atom is -0.487 e. The highest BCUT2D eigenvalue weighted by atomic mass is 79.9. The molecule has 0 unspecified atom stereocenters. The molecule has 13 heteroatoms. The van der Waals surface area contributed by atoms with Crippen molar-refractivity contribution >= 4 is 43.7 Å². The van der Waals surface area contributed by atoms with Crippen molar-refractivity contribution in [1.82, 2.24) is 20.2 Å². The topological polar surface area (TPSA) is 132 Å². The molecule has 2 N–H and O–H groups in total. The van der Waals surface area contributed by atoms with E-state index in [1.807, 2.05) is 35.2 Å². The molecule has 57 heavy (non-hydrogen) atoms. The van der Waals surface area contributed by atoms with Gasteiger partial charge < -0.3 is 34.3 Å². The molecule has 4 aliphatic heterocycles. The van der Waals surface area contributed by atoms with Crippen LogP contribution in [0, 0.1) is 0 Å². The smallest absolute Gasteiger partial charge is 0.354 e. The van der Waals surface area contributed by atoms with E-state index in [4.69, 9.17) is 24.1 Å². The average Bonchev–Trinajstić information content (AvgIpc) is 3.19. The third-order valence-corrected chi connectivity index (χ3v) is 11.5. The number of aromatic nitrogens is 2. The van der Waals surface area contributed by atoms with E-state index < -0.39 is 5.97 Å². The molecule has 11 nitrogen and oxygen atoms in total. The van der Waals surface area contributed by atoms with E-state index in [2.05, 4.69) is 99.1 Å². The lowest BCUT2D eigenvalue weighted by Gasteiger charge is -2.47. The van der Waals surface area contributed by atoms with Gasteiger partial charge in [0.2, 0.25) is 0 Å². The number of carbonyl (C=O) groups excluding carboxylic acids is 1.